The summed E-state index contributed by atoms with van der Waals surface area (Å²) < 4.78 is 48.1. The Morgan fingerprint density at radius 1 is 1.19 bits per heavy atom. The van der Waals surface area contributed by atoms with Crippen molar-refractivity contribution in [1.82, 2.24) is 14.6 Å². The minimum atomic E-state index is -3.82. The second-order valence-electron chi connectivity index (χ2n) is 12.3. The molecule has 1 aliphatic carbocycles. The Labute approximate surface area is 256 Å². The lowest BCUT2D eigenvalue weighted by atomic mass is 9.96. The normalized spacial score (nSPS) is 25.7. The number of fused-ring (bicyclic) bond motifs is 3. The van der Waals surface area contributed by atoms with E-state index in [0.717, 1.165) is 29.5 Å². The minimum absolute atomic E-state index is 0.103. The SMILES string of the molecule is CC(C)CN(CC[C@H](Cc1ccccc1)NC(=O)OC1C2CCC3CC1OC3OC2)S(=O)(=O)c1ccc2nc(N)sc2c1. The molecule has 4 heterocycles. The fourth-order valence-electron chi connectivity index (χ4n) is 6.55. The summed E-state index contributed by atoms with van der Waals surface area (Å²) in [6, 6.07) is 14.4. The molecule has 43 heavy (non-hydrogen) atoms. The van der Waals surface area contributed by atoms with Crippen LogP contribution in [0.25, 0.3) is 10.2 Å². The van der Waals surface area contributed by atoms with Crippen molar-refractivity contribution in [3.63, 3.8) is 0 Å². The number of carbonyl (C=O) groups is 1. The Kier molecular flexibility index (Phi) is 8.93. The summed E-state index contributed by atoms with van der Waals surface area (Å²) in [4.78, 5) is 17.8. The predicted octanol–water partition coefficient (Wildman–Crippen LogP) is 4.79. The molecule has 10 nitrogen and oxygen atoms in total. The number of ether oxygens (including phenoxy) is 3. The van der Waals surface area contributed by atoms with Crippen LogP contribution in [0.3, 0.4) is 0 Å². The van der Waals surface area contributed by atoms with Crippen molar-refractivity contribution in [1.29, 1.82) is 0 Å². The summed E-state index contributed by atoms with van der Waals surface area (Å²) in [6.45, 7) is 5.10. The van der Waals surface area contributed by atoms with E-state index in [1.165, 1.54) is 15.6 Å². The predicted molar refractivity (Wildman–Crippen MR) is 165 cm³/mol. The third-order valence-corrected chi connectivity index (χ3v) is 11.4. The van der Waals surface area contributed by atoms with Crippen LogP contribution in [0.5, 0.6) is 0 Å². The molecule has 3 N–H and O–H groups in total. The number of nitrogen functional groups attached to an aromatic ring is 1. The molecular formula is C31H40N4O6S2. The summed E-state index contributed by atoms with van der Waals surface area (Å²) in [5.41, 5.74) is 7.57. The van der Waals surface area contributed by atoms with E-state index in [2.05, 4.69) is 10.3 Å². The fourth-order valence-corrected chi connectivity index (χ4v) is 9.04. The van der Waals surface area contributed by atoms with E-state index in [1.54, 1.807) is 18.2 Å². The Morgan fingerprint density at radius 3 is 2.77 bits per heavy atom. The number of carbonyl (C=O) groups excluding carboxylic acids is 1. The maximum Gasteiger partial charge on any atom is 0.407 e. The molecule has 6 atom stereocenters. The standard InChI is InChI=1S/C31H40N4O6S2/c1-19(2)17-35(43(37,38)24-10-11-25-27(16-24)42-30(32)34-25)13-12-23(14-20-6-4-3-5-7-20)33-31(36)41-28-22-9-8-21-15-26(28)40-29(21)39-18-22/h3-7,10-11,16,19,21-23,26,28-29H,8-9,12-15,17-18H2,1-2H3,(H2,32,34)(H,33,36)/t21?,22?,23-,26?,28?,29?/m1/s1. The molecule has 5 unspecified atom stereocenters. The topological polar surface area (TPSA) is 133 Å². The number of nitrogens with two attached hydrogens (primary N) is 1. The molecule has 0 spiro atoms. The first kappa shape index (κ1) is 30.3. The smallest absolute Gasteiger partial charge is 0.407 e. The highest BCUT2D eigenvalue weighted by atomic mass is 32.2. The zero-order valence-corrected chi connectivity index (χ0v) is 26.2. The second kappa shape index (κ2) is 12.7. The number of anilines is 1. The van der Waals surface area contributed by atoms with Crippen molar-refractivity contribution in [3.05, 3.63) is 54.1 Å². The lowest BCUT2D eigenvalue weighted by Gasteiger charge is -2.29. The van der Waals surface area contributed by atoms with Crippen LogP contribution in [-0.4, -0.2) is 68.0 Å². The zero-order chi connectivity index (χ0) is 30.1. The highest BCUT2D eigenvalue weighted by Gasteiger charge is 2.50. The molecule has 3 aromatic rings. The third kappa shape index (κ3) is 6.83. The Balaban J connectivity index is 1.18. The Morgan fingerprint density at radius 2 is 1.98 bits per heavy atom. The first-order valence-corrected chi connectivity index (χ1v) is 17.4. The Hall–Kier alpha value is -2.77. The number of rotatable bonds is 11. The van der Waals surface area contributed by atoms with Gasteiger partial charge in [0.25, 0.3) is 0 Å². The number of thiazole rings is 1. The maximum atomic E-state index is 13.9. The average Bonchev–Trinajstić information content (AvgIpc) is 3.37. The van der Waals surface area contributed by atoms with Crippen LogP contribution in [0.2, 0.25) is 0 Å². The van der Waals surface area contributed by atoms with E-state index in [0.29, 0.717) is 42.6 Å². The number of alkyl carbamates (subject to hydrolysis) is 1. The molecule has 1 aromatic heterocycles. The van der Waals surface area contributed by atoms with Gasteiger partial charge in [-0.15, -0.1) is 0 Å². The summed E-state index contributed by atoms with van der Waals surface area (Å²) >= 11 is 1.26. The van der Waals surface area contributed by atoms with Crippen molar-refractivity contribution >= 4 is 42.8 Å². The van der Waals surface area contributed by atoms with Gasteiger partial charge in [-0.05, 0) is 61.8 Å². The number of amides is 1. The molecule has 1 saturated carbocycles. The van der Waals surface area contributed by atoms with Gasteiger partial charge < -0.3 is 25.3 Å². The van der Waals surface area contributed by atoms with Gasteiger partial charge in [0.05, 0.1) is 27.8 Å². The molecule has 3 saturated heterocycles. The monoisotopic (exact) mass is 628 g/mol. The zero-order valence-electron chi connectivity index (χ0n) is 24.6. The van der Waals surface area contributed by atoms with Crippen LogP contribution in [0.15, 0.2) is 53.4 Å². The van der Waals surface area contributed by atoms with Crippen LogP contribution in [0.4, 0.5) is 9.93 Å². The highest BCUT2D eigenvalue weighted by Crippen LogP contribution is 2.44. The van der Waals surface area contributed by atoms with Crippen molar-refractivity contribution in [2.45, 2.75) is 75.4 Å². The molecule has 12 heteroatoms. The third-order valence-electron chi connectivity index (χ3n) is 8.64. The maximum absolute atomic E-state index is 13.9. The van der Waals surface area contributed by atoms with E-state index < -0.39 is 16.1 Å². The molecule has 3 aliphatic heterocycles. The number of hydrogen-bond donors (Lipinski definition) is 2. The van der Waals surface area contributed by atoms with Crippen molar-refractivity contribution in [3.8, 4) is 0 Å². The quantitative estimate of drug-likeness (QED) is 0.310. The van der Waals surface area contributed by atoms with Gasteiger partial charge in [-0.3, -0.25) is 0 Å². The second-order valence-corrected chi connectivity index (χ2v) is 15.3. The van der Waals surface area contributed by atoms with Crippen LogP contribution in [0, 0.1) is 17.8 Å². The lowest BCUT2D eigenvalue weighted by molar-refractivity contribution is -0.139. The van der Waals surface area contributed by atoms with Gasteiger partial charge in [0.2, 0.25) is 10.0 Å². The molecule has 4 aliphatic rings. The minimum Gasteiger partial charge on any atom is -0.443 e. The van der Waals surface area contributed by atoms with Crippen molar-refractivity contribution in [2.24, 2.45) is 17.8 Å². The van der Waals surface area contributed by atoms with E-state index in [1.807, 2.05) is 44.2 Å². The van der Waals surface area contributed by atoms with Crippen LogP contribution >= 0.6 is 11.3 Å². The van der Waals surface area contributed by atoms with Crippen molar-refractivity contribution in [2.75, 3.05) is 25.4 Å². The molecule has 4 bridgehead atoms. The van der Waals surface area contributed by atoms with E-state index >= 15 is 0 Å². The molecule has 2 aromatic carbocycles. The van der Waals surface area contributed by atoms with Crippen LogP contribution < -0.4 is 11.1 Å². The number of benzene rings is 2. The summed E-state index contributed by atoms with van der Waals surface area (Å²) in [6.07, 6.45) is 2.56. The van der Waals surface area contributed by atoms with E-state index in [-0.39, 0.29) is 47.8 Å². The average molecular weight is 629 g/mol. The first-order chi connectivity index (χ1) is 20.7. The highest BCUT2D eigenvalue weighted by molar-refractivity contribution is 7.89. The Bertz CT molecular complexity index is 1510. The summed E-state index contributed by atoms with van der Waals surface area (Å²) in [5.74, 6) is 0.574. The number of nitrogens with one attached hydrogen (secondary N) is 1. The number of sulfonamides is 1. The lowest BCUT2D eigenvalue weighted by Crippen LogP contribution is -2.45. The van der Waals surface area contributed by atoms with Gasteiger partial charge in [-0.1, -0.05) is 55.5 Å². The molecule has 4 fully saturated rings. The van der Waals surface area contributed by atoms with E-state index in [4.69, 9.17) is 19.9 Å². The van der Waals surface area contributed by atoms with Crippen molar-refractivity contribution < 1.29 is 27.4 Å². The summed E-state index contributed by atoms with van der Waals surface area (Å²) in [5, 5.41) is 3.47. The first-order valence-electron chi connectivity index (χ1n) is 15.1. The van der Waals surface area contributed by atoms with Gasteiger partial charge >= 0.3 is 6.09 Å². The molecule has 1 amide bonds. The largest absolute Gasteiger partial charge is 0.443 e. The summed E-state index contributed by atoms with van der Waals surface area (Å²) in [7, 11) is -3.82. The molecule has 0 radical (unpaired) electrons. The number of hydrogen-bond acceptors (Lipinski definition) is 9. The molecule has 232 valence electrons. The van der Waals surface area contributed by atoms with Gasteiger partial charge in [0.1, 0.15) is 6.10 Å². The number of aromatic nitrogens is 1. The van der Waals surface area contributed by atoms with Crippen LogP contribution in [0.1, 0.15) is 45.1 Å². The molecular weight excluding hydrogens is 588 g/mol. The van der Waals surface area contributed by atoms with Gasteiger partial charge in [-0.25, -0.2) is 18.2 Å². The van der Waals surface area contributed by atoms with Crippen LogP contribution in [-0.2, 0) is 30.7 Å². The molecule has 7 rings (SSSR count). The van der Waals surface area contributed by atoms with Gasteiger partial charge in [-0.2, -0.15) is 4.31 Å². The van der Waals surface area contributed by atoms with Gasteiger partial charge in [0, 0.05) is 31.0 Å². The van der Waals surface area contributed by atoms with Gasteiger partial charge in [0.15, 0.2) is 11.4 Å². The van der Waals surface area contributed by atoms with E-state index in [9.17, 15) is 13.2 Å². The fraction of sp³-hybridized carbons (Fsp3) is 0.548. The number of nitrogens with zero attached hydrogens (tertiary/aromatic N) is 2.